The first-order chi connectivity index (χ1) is 36.4. The van der Waals surface area contributed by atoms with E-state index in [1.165, 1.54) is 41.9 Å². The van der Waals surface area contributed by atoms with E-state index in [9.17, 15) is 20.4 Å². The zero-order valence-electron chi connectivity index (χ0n) is 59.1. The van der Waals surface area contributed by atoms with Crippen LogP contribution >= 0.6 is 0 Å². The second-order valence-corrected chi connectivity index (χ2v) is 32.5. The van der Waals surface area contributed by atoms with Crippen LogP contribution in [0.2, 0.25) is 0 Å². The molecule has 0 atom stereocenters. The molecule has 0 aliphatic rings. The molecule has 0 saturated heterocycles. The summed E-state index contributed by atoms with van der Waals surface area (Å²) in [4.78, 5) is 5.25. The molecular weight excluding hydrogens is 1080 g/mol. The summed E-state index contributed by atoms with van der Waals surface area (Å²) in [6, 6.07) is 17.0. The van der Waals surface area contributed by atoms with E-state index in [0.717, 1.165) is 83.9 Å². The molecule has 0 bridgehead atoms. The smallest absolute Gasteiger partial charge is 0.872 e. The van der Waals surface area contributed by atoms with Gasteiger partial charge in [0.05, 0.1) is 28.2 Å². The first-order valence-corrected chi connectivity index (χ1v) is 30.7. The predicted octanol–water partition coefficient (Wildman–Crippen LogP) is 7.79. The van der Waals surface area contributed by atoms with Crippen molar-refractivity contribution in [2.24, 2.45) is 0 Å². The minimum absolute atomic E-state index is 0. The summed E-state index contributed by atoms with van der Waals surface area (Å²) in [6.45, 7) is 63.8. The number of benzene rings is 4. The molecule has 0 radical (unpaired) electrons. The van der Waals surface area contributed by atoms with E-state index in [4.69, 9.17) is 4.74 Å². The molecule has 0 fully saturated rings. The number of ether oxygens (including phenoxy) is 1. The molecule has 83 heavy (non-hydrogen) atoms. The van der Waals surface area contributed by atoms with Gasteiger partial charge in [-0.25, -0.2) is 0 Å². The Hall–Kier alpha value is -1.60. The molecule has 460 valence electrons. The molecule has 4 rings (SSSR count). The molecule has 4 aromatic carbocycles. The van der Waals surface area contributed by atoms with Gasteiger partial charge in [-0.1, -0.05) is 238 Å². The van der Waals surface area contributed by atoms with Crippen molar-refractivity contribution in [1.29, 1.82) is 0 Å². The Morgan fingerprint density at radius 1 is 0.301 bits per heavy atom. The normalized spacial score (nSPS) is 12.9. The summed E-state index contributed by atoms with van der Waals surface area (Å²) in [5.41, 5.74) is 10.6. The Morgan fingerprint density at radius 3 is 0.602 bits per heavy atom. The number of likely N-dealkylation sites (N-methyl/N-ethyl adjacent to an activating group) is 2. The van der Waals surface area contributed by atoms with E-state index in [2.05, 4.69) is 243 Å². The third-order valence-electron chi connectivity index (χ3n) is 15.5. The number of rotatable bonds is 16. The van der Waals surface area contributed by atoms with E-state index in [-0.39, 0.29) is 142 Å². The topological polar surface area (TPSA) is 119 Å². The predicted molar refractivity (Wildman–Crippen MR) is 349 cm³/mol. The van der Waals surface area contributed by atoms with Gasteiger partial charge in [-0.05, 0) is 124 Å². The minimum Gasteiger partial charge on any atom is -0.872 e. The van der Waals surface area contributed by atoms with Crippen LogP contribution in [-0.2, 0) is 74.2 Å². The van der Waals surface area contributed by atoms with Gasteiger partial charge in [0.1, 0.15) is 52.4 Å². The Morgan fingerprint density at radius 2 is 0.482 bits per heavy atom. The van der Waals surface area contributed by atoms with Gasteiger partial charge in [0.15, 0.2) is 0 Å². The first-order valence-electron chi connectivity index (χ1n) is 30.7. The summed E-state index contributed by atoms with van der Waals surface area (Å²) >= 11 is 0. The van der Waals surface area contributed by atoms with Crippen LogP contribution in [0.4, 0.5) is 0 Å². The van der Waals surface area contributed by atoms with Gasteiger partial charge in [0.25, 0.3) is 0 Å². The Kier molecular flexibility index (Phi) is 31.6. The molecule has 0 aliphatic heterocycles. The van der Waals surface area contributed by atoms with Crippen LogP contribution in [-0.4, -0.2) is 143 Å². The summed E-state index contributed by atoms with van der Waals surface area (Å²) in [6.07, 6.45) is 0. The zero-order valence-corrected chi connectivity index (χ0v) is 63.6. The van der Waals surface area contributed by atoms with Crippen molar-refractivity contribution in [3.63, 3.8) is 0 Å². The van der Waals surface area contributed by atoms with E-state index < -0.39 is 0 Å². The third kappa shape index (κ3) is 25.8. The van der Waals surface area contributed by atoms with Crippen molar-refractivity contribution >= 4 is 75.5 Å². The monoisotopic (exact) mass is 1200 g/mol. The van der Waals surface area contributed by atoms with Crippen molar-refractivity contribution in [3.8, 4) is 23.0 Å². The first kappa shape index (κ1) is 81.4. The average Bonchev–Trinajstić information content (AvgIpc) is 3.27. The fourth-order valence-electron chi connectivity index (χ4n) is 9.86. The molecule has 0 unspecified atom stereocenters. The van der Waals surface area contributed by atoms with E-state index in [0.29, 0.717) is 26.2 Å². The van der Waals surface area contributed by atoms with E-state index in [1.54, 1.807) is 0 Å². The van der Waals surface area contributed by atoms with E-state index >= 15 is 0 Å². The molecule has 0 heterocycles. The van der Waals surface area contributed by atoms with Crippen molar-refractivity contribution in [3.05, 3.63) is 115 Å². The van der Waals surface area contributed by atoms with Gasteiger partial charge >= 0.3 is 75.5 Å². The largest absolute Gasteiger partial charge is 2.00 e. The minimum atomic E-state index is -0.230. The van der Waals surface area contributed by atoms with Gasteiger partial charge in [-0.3, -0.25) is 0 Å². The molecule has 0 aromatic heterocycles. The van der Waals surface area contributed by atoms with Gasteiger partial charge < -0.3 is 44.8 Å². The van der Waals surface area contributed by atoms with Gasteiger partial charge in [-0.15, -0.1) is 0 Å². The Balaban J connectivity index is 0.00000146. The molecule has 11 heteroatoms. The Bertz CT molecular complexity index is 2290. The standard InChI is InChI=1S/2C34H56N2O2.C4H10O.2Ca/c2*1-31(2,3)25-17-23(29(37)27(19-25)33(7,8)9)21-36(16-15-35(13)14)22-24-18-26(32(4,5)6)20-28(30(24)38)34(10,11)12;1-3-5-4-2;;/h2*17-20,37-38H,15-16,21-22H2,1-14H3;3-4H2,1-2H3;;/q;;;2*+2. The average molecular weight is 1200 g/mol. The van der Waals surface area contributed by atoms with Crippen LogP contribution in [0.3, 0.4) is 0 Å². The molecule has 9 nitrogen and oxygen atoms in total. The fraction of sp³-hybridized carbons (Fsp3) is 0.667. The van der Waals surface area contributed by atoms with Crippen LogP contribution < -0.4 is 40.0 Å². The molecule has 4 aromatic rings. The maximum Gasteiger partial charge on any atom is 2.00 e. The van der Waals surface area contributed by atoms with Crippen LogP contribution in [0.1, 0.15) is 247 Å². The zero-order chi connectivity index (χ0) is 63.0. The molecule has 0 amide bonds. The molecule has 0 saturated carbocycles. The molecule has 0 aliphatic carbocycles. The van der Waals surface area contributed by atoms with Crippen molar-refractivity contribution in [2.75, 3.05) is 67.6 Å². The van der Waals surface area contributed by atoms with Gasteiger partial charge in [-0.2, -0.15) is 0 Å². The van der Waals surface area contributed by atoms with Crippen LogP contribution in [0.5, 0.6) is 23.0 Å². The van der Waals surface area contributed by atoms with Crippen molar-refractivity contribution in [2.45, 2.75) is 250 Å². The summed E-state index contributed by atoms with van der Waals surface area (Å²) in [7, 11) is 8.63. The second kappa shape index (κ2) is 32.2. The van der Waals surface area contributed by atoms with Crippen LogP contribution in [0, 0.1) is 0 Å². The summed E-state index contributed by atoms with van der Waals surface area (Å²) in [5, 5.41) is 55.1. The number of hydrogen-bond donors (Lipinski definition) is 4. The van der Waals surface area contributed by atoms with E-state index in [1.807, 2.05) is 13.8 Å². The van der Waals surface area contributed by atoms with Crippen LogP contribution in [0.15, 0.2) is 48.5 Å². The van der Waals surface area contributed by atoms with Crippen LogP contribution in [0.25, 0.3) is 0 Å². The quantitative estimate of drug-likeness (QED) is 0.0856. The molecule has 4 N–H and O–H groups in total. The fourth-order valence-corrected chi connectivity index (χ4v) is 9.86. The number of hydrogen-bond acceptors (Lipinski definition) is 5. The van der Waals surface area contributed by atoms with Gasteiger partial charge in [0.2, 0.25) is 0 Å². The molecule has 0 spiro atoms. The molecular formula is C72H122Ca2N4O5+4. The second-order valence-electron chi connectivity index (χ2n) is 32.5. The van der Waals surface area contributed by atoms with Crippen molar-refractivity contribution in [1.82, 2.24) is 0 Å². The van der Waals surface area contributed by atoms with Gasteiger partial charge in [0, 0.05) is 13.2 Å². The maximum atomic E-state index is 13.8. The third-order valence-corrected chi connectivity index (χ3v) is 15.5. The number of quaternary nitrogens is 4. The van der Waals surface area contributed by atoms with Crippen molar-refractivity contribution < 1.29 is 44.8 Å². The summed E-state index contributed by atoms with van der Waals surface area (Å²) < 4.78 is 4.83. The summed E-state index contributed by atoms with van der Waals surface area (Å²) in [5.74, 6) is 0.616. The Labute approximate surface area is 570 Å². The maximum absolute atomic E-state index is 13.8. The SMILES string of the molecule is CCOCC.C[NH+](C)CC[NH+](Cc1cc(C(C)(C)C)cc(C(C)(C)C)c1[O-])Cc1cc(C(C)(C)C)cc(C(C)(C)C)c1[O-].C[NH+](C)CC[NH+](Cc1cc(C(C)(C)C)cc(C(C)(C)C)c1[O-])Cc1cc(C(C)(C)C)cc(C(C)(C)C)c1[O-].[Ca+2].[Ca+2]. The number of nitrogens with one attached hydrogen (secondary N) is 4.